The molecule has 0 saturated carbocycles. The largest absolute Gasteiger partial charge is 0.411 e. The van der Waals surface area contributed by atoms with E-state index in [2.05, 4.69) is 4.74 Å². The van der Waals surface area contributed by atoms with Crippen LogP contribution in [0.4, 0.5) is 13.2 Å². The van der Waals surface area contributed by atoms with E-state index >= 15 is 0 Å². The number of fused-ring (bicyclic) bond motifs is 1. The number of Topliss-reactive ketones (excluding diaryl/α,β-unsaturated/α-hetero) is 1. The van der Waals surface area contributed by atoms with Crippen LogP contribution in [0.2, 0.25) is 0 Å². The number of hydrogen-bond donors (Lipinski definition) is 0. The van der Waals surface area contributed by atoms with Crippen LogP contribution in [-0.4, -0.2) is 25.2 Å². The van der Waals surface area contributed by atoms with Gasteiger partial charge in [0.15, 0.2) is 5.78 Å². The van der Waals surface area contributed by atoms with Crippen molar-refractivity contribution in [3.8, 4) is 0 Å². The lowest BCUT2D eigenvalue weighted by Crippen LogP contribution is -2.18. The summed E-state index contributed by atoms with van der Waals surface area (Å²) in [4.78, 5) is 11.9. The second-order valence-corrected chi connectivity index (χ2v) is 4.90. The highest BCUT2D eigenvalue weighted by Crippen LogP contribution is 2.25. The molecule has 0 N–H and O–H groups in total. The van der Waals surface area contributed by atoms with Crippen molar-refractivity contribution in [3.63, 3.8) is 0 Å². The molecule has 1 heterocycles. The standard InChI is InChI=1S/C13H11F3O2S/c14-13(15,16)8-18-6-4-11(17)10-3-1-2-9-5-7-19-12(9)10/h1-3,5,7H,4,6,8H2. The summed E-state index contributed by atoms with van der Waals surface area (Å²) in [6.07, 6.45) is -4.40. The third-order valence-corrected chi connectivity index (χ3v) is 3.48. The summed E-state index contributed by atoms with van der Waals surface area (Å²) >= 11 is 1.44. The Labute approximate surface area is 111 Å². The molecule has 19 heavy (non-hydrogen) atoms. The van der Waals surface area contributed by atoms with Gasteiger partial charge in [-0.15, -0.1) is 11.3 Å². The van der Waals surface area contributed by atoms with Crippen molar-refractivity contribution in [3.05, 3.63) is 35.2 Å². The number of ketones is 1. The Bertz CT molecular complexity index is 575. The fourth-order valence-electron chi connectivity index (χ4n) is 1.70. The van der Waals surface area contributed by atoms with Crippen LogP contribution in [0.25, 0.3) is 10.1 Å². The van der Waals surface area contributed by atoms with E-state index in [-0.39, 0.29) is 18.8 Å². The van der Waals surface area contributed by atoms with Gasteiger partial charge in [0.25, 0.3) is 0 Å². The maximum atomic E-state index is 11.9. The average molecular weight is 288 g/mol. The Balaban J connectivity index is 1.95. The zero-order valence-electron chi connectivity index (χ0n) is 9.87. The SMILES string of the molecule is O=C(CCOCC(F)(F)F)c1cccc2ccsc12. The molecule has 0 amide bonds. The van der Waals surface area contributed by atoms with Crippen molar-refractivity contribution >= 4 is 27.2 Å². The van der Waals surface area contributed by atoms with Crippen LogP contribution in [0.3, 0.4) is 0 Å². The monoisotopic (exact) mass is 288 g/mol. The Morgan fingerprint density at radius 3 is 2.79 bits per heavy atom. The fraction of sp³-hybridized carbons (Fsp3) is 0.308. The van der Waals surface area contributed by atoms with E-state index in [9.17, 15) is 18.0 Å². The average Bonchev–Trinajstić information content (AvgIpc) is 2.81. The maximum absolute atomic E-state index is 11.9. The quantitative estimate of drug-likeness (QED) is 0.613. The van der Waals surface area contributed by atoms with Crippen molar-refractivity contribution in [2.75, 3.05) is 13.2 Å². The number of benzene rings is 1. The van der Waals surface area contributed by atoms with E-state index in [0.29, 0.717) is 5.56 Å². The Hall–Kier alpha value is -1.40. The molecular weight excluding hydrogens is 277 g/mol. The van der Waals surface area contributed by atoms with Gasteiger partial charge in [0.05, 0.1) is 6.61 Å². The predicted octanol–water partition coefficient (Wildman–Crippen LogP) is 4.05. The minimum absolute atomic E-state index is 0.0485. The first-order valence-electron chi connectivity index (χ1n) is 5.61. The van der Waals surface area contributed by atoms with E-state index < -0.39 is 12.8 Å². The summed E-state index contributed by atoms with van der Waals surface area (Å²) in [6, 6.07) is 7.24. The molecule has 0 fully saturated rings. The van der Waals surface area contributed by atoms with Crippen molar-refractivity contribution in [2.45, 2.75) is 12.6 Å². The van der Waals surface area contributed by atoms with Crippen LogP contribution in [0.5, 0.6) is 0 Å². The third kappa shape index (κ3) is 3.78. The zero-order valence-corrected chi connectivity index (χ0v) is 10.7. The van der Waals surface area contributed by atoms with Gasteiger partial charge < -0.3 is 4.74 Å². The fourth-order valence-corrected chi connectivity index (χ4v) is 2.63. The lowest BCUT2D eigenvalue weighted by Gasteiger charge is -2.07. The molecule has 2 rings (SSSR count). The molecule has 2 aromatic rings. The zero-order chi connectivity index (χ0) is 13.9. The summed E-state index contributed by atoms with van der Waals surface area (Å²) in [7, 11) is 0. The topological polar surface area (TPSA) is 26.3 Å². The Kier molecular flexibility index (Phi) is 4.21. The van der Waals surface area contributed by atoms with Gasteiger partial charge in [0.1, 0.15) is 6.61 Å². The van der Waals surface area contributed by atoms with Crippen LogP contribution >= 0.6 is 11.3 Å². The van der Waals surface area contributed by atoms with Gasteiger partial charge in [-0.2, -0.15) is 13.2 Å². The minimum Gasteiger partial charge on any atom is -0.372 e. The lowest BCUT2D eigenvalue weighted by molar-refractivity contribution is -0.173. The molecule has 0 spiro atoms. The summed E-state index contributed by atoms with van der Waals surface area (Å²) in [5, 5.41) is 2.84. The first-order valence-corrected chi connectivity index (χ1v) is 6.49. The molecule has 2 nitrogen and oxygen atoms in total. The molecule has 1 aromatic carbocycles. The second-order valence-electron chi connectivity index (χ2n) is 3.99. The molecule has 0 saturated heterocycles. The number of rotatable bonds is 5. The lowest BCUT2D eigenvalue weighted by atomic mass is 10.1. The number of thiophene rings is 1. The minimum atomic E-state index is -4.35. The first-order chi connectivity index (χ1) is 8.97. The van der Waals surface area contributed by atoms with Gasteiger partial charge >= 0.3 is 6.18 Å². The van der Waals surface area contributed by atoms with E-state index in [4.69, 9.17) is 0 Å². The highest BCUT2D eigenvalue weighted by Gasteiger charge is 2.27. The van der Waals surface area contributed by atoms with Crippen molar-refractivity contribution in [1.82, 2.24) is 0 Å². The van der Waals surface area contributed by atoms with Gasteiger partial charge in [-0.05, 0) is 22.9 Å². The van der Waals surface area contributed by atoms with E-state index in [1.54, 1.807) is 12.1 Å². The van der Waals surface area contributed by atoms with Crippen molar-refractivity contribution < 1.29 is 22.7 Å². The molecule has 102 valence electrons. The number of carbonyl (C=O) groups excluding carboxylic acids is 1. The van der Waals surface area contributed by atoms with Crippen LogP contribution in [0.15, 0.2) is 29.6 Å². The summed E-state index contributed by atoms with van der Waals surface area (Å²) in [6.45, 7) is -1.54. The molecule has 1 aromatic heterocycles. The third-order valence-electron chi connectivity index (χ3n) is 2.52. The molecule has 6 heteroatoms. The van der Waals surface area contributed by atoms with Gasteiger partial charge in [-0.3, -0.25) is 4.79 Å². The van der Waals surface area contributed by atoms with Crippen LogP contribution in [0.1, 0.15) is 16.8 Å². The summed E-state index contributed by atoms with van der Waals surface area (Å²) < 4.78 is 40.9. The number of carbonyl (C=O) groups is 1. The Morgan fingerprint density at radius 1 is 1.26 bits per heavy atom. The number of ether oxygens (including phenoxy) is 1. The molecule has 0 radical (unpaired) electrons. The van der Waals surface area contributed by atoms with E-state index in [1.165, 1.54) is 11.3 Å². The van der Waals surface area contributed by atoms with E-state index in [0.717, 1.165) is 10.1 Å². The van der Waals surface area contributed by atoms with Gasteiger partial charge in [-0.1, -0.05) is 12.1 Å². The van der Waals surface area contributed by atoms with E-state index in [1.807, 2.05) is 17.5 Å². The summed E-state index contributed by atoms with van der Waals surface area (Å²) in [5.41, 5.74) is 0.545. The number of alkyl halides is 3. The molecule has 0 bridgehead atoms. The van der Waals surface area contributed by atoms with Crippen LogP contribution in [0, 0.1) is 0 Å². The molecule has 0 unspecified atom stereocenters. The number of hydrogen-bond acceptors (Lipinski definition) is 3. The molecule has 0 aliphatic rings. The highest BCUT2D eigenvalue weighted by atomic mass is 32.1. The molecule has 0 aliphatic heterocycles. The van der Waals surface area contributed by atoms with Crippen LogP contribution < -0.4 is 0 Å². The molecular formula is C13H11F3O2S. The van der Waals surface area contributed by atoms with Gasteiger partial charge in [0.2, 0.25) is 0 Å². The molecule has 0 aliphatic carbocycles. The van der Waals surface area contributed by atoms with Crippen LogP contribution in [-0.2, 0) is 4.74 Å². The number of halogens is 3. The normalized spacial score (nSPS) is 11.9. The first kappa shape index (κ1) is 14.0. The predicted molar refractivity (Wildman–Crippen MR) is 67.6 cm³/mol. The second kappa shape index (κ2) is 5.71. The smallest absolute Gasteiger partial charge is 0.372 e. The summed E-state index contributed by atoms with van der Waals surface area (Å²) in [5.74, 6) is -0.199. The van der Waals surface area contributed by atoms with Crippen molar-refractivity contribution in [1.29, 1.82) is 0 Å². The highest BCUT2D eigenvalue weighted by molar-refractivity contribution is 7.17. The van der Waals surface area contributed by atoms with Gasteiger partial charge in [-0.25, -0.2) is 0 Å². The van der Waals surface area contributed by atoms with Gasteiger partial charge in [0, 0.05) is 16.7 Å². The Morgan fingerprint density at radius 2 is 2.05 bits per heavy atom. The molecule has 0 atom stereocenters. The maximum Gasteiger partial charge on any atom is 0.411 e. The van der Waals surface area contributed by atoms with Crippen molar-refractivity contribution in [2.24, 2.45) is 0 Å².